The van der Waals surface area contributed by atoms with E-state index in [0.29, 0.717) is 24.0 Å². The Morgan fingerprint density at radius 3 is 2.79 bits per heavy atom. The Bertz CT molecular complexity index is 565. The summed E-state index contributed by atoms with van der Waals surface area (Å²) >= 11 is 15.2. The lowest BCUT2D eigenvalue weighted by Crippen LogP contribution is -2.29. The lowest BCUT2D eigenvalue weighted by Gasteiger charge is -2.17. The third-order valence-electron chi connectivity index (χ3n) is 3.28. The first kappa shape index (κ1) is 15.6. The number of hydrogen-bond acceptors (Lipinski definition) is 2. The van der Waals surface area contributed by atoms with Crippen LogP contribution in [0.1, 0.15) is 12.8 Å². The lowest BCUT2D eigenvalue weighted by atomic mass is 10.1. The average Bonchev–Trinajstić information content (AvgIpc) is 2.82. The highest BCUT2D eigenvalue weighted by Crippen LogP contribution is 2.31. The normalized spacial score (nSPS) is 20.9. The highest BCUT2D eigenvalue weighted by atomic mass is 79.9. The molecule has 3 nitrogen and oxygen atoms in total. The maximum atomic E-state index is 12.5. The van der Waals surface area contributed by atoms with Crippen LogP contribution >= 0.6 is 39.1 Å². The van der Waals surface area contributed by atoms with Crippen molar-refractivity contribution >= 4 is 49.2 Å². The minimum Gasteiger partial charge on any atom is -0.207 e. The molecule has 1 aromatic rings. The molecule has 1 aliphatic rings. The number of alkyl halides is 1. The zero-order chi connectivity index (χ0) is 14.0. The Kier molecular flexibility index (Phi) is 5.17. The van der Waals surface area contributed by atoms with Crippen molar-refractivity contribution in [3.63, 3.8) is 0 Å². The molecule has 106 valence electrons. The fourth-order valence-corrected chi connectivity index (χ4v) is 5.14. The Morgan fingerprint density at radius 2 is 2.11 bits per heavy atom. The zero-order valence-electron chi connectivity index (χ0n) is 10.2. The van der Waals surface area contributed by atoms with Crippen LogP contribution < -0.4 is 0 Å². The van der Waals surface area contributed by atoms with Crippen LogP contribution in [0.3, 0.4) is 0 Å². The molecule has 1 unspecified atom stereocenters. The van der Waals surface area contributed by atoms with Gasteiger partial charge in [0, 0.05) is 23.4 Å². The number of rotatable bonds is 4. The first-order chi connectivity index (χ1) is 8.95. The van der Waals surface area contributed by atoms with Gasteiger partial charge in [-0.1, -0.05) is 39.1 Å². The molecule has 1 heterocycles. The lowest BCUT2D eigenvalue weighted by molar-refractivity contribution is 0.454. The highest BCUT2D eigenvalue weighted by molar-refractivity contribution is 9.09. The van der Waals surface area contributed by atoms with E-state index in [1.54, 1.807) is 6.07 Å². The molecule has 0 aromatic heterocycles. The van der Waals surface area contributed by atoms with Gasteiger partial charge in [-0.25, -0.2) is 8.42 Å². The van der Waals surface area contributed by atoms with Gasteiger partial charge in [0.15, 0.2) is 0 Å². The van der Waals surface area contributed by atoms with Crippen LogP contribution in [0.2, 0.25) is 10.0 Å². The molecule has 0 saturated carbocycles. The summed E-state index contributed by atoms with van der Waals surface area (Å²) in [6.45, 7) is 1.10. The molecule has 1 atom stereocenters. The summed E-state index contributed by atoms with van der Waals surface area (Å²) in [6, 6.07) is 4.51. The van der Waals surface area contributed by atoms with Crippen LogP contribution in [0.25, 0.3) is 0 Å². The summed E-state index contributed by atoms with van der Waals surface area (Å²) in [7, 11) is -3.54. The summed E-state index contributed by atoms with van der Waals surface area (Å²) in [5.41, 5.74) is 0. The molecular formula is C12H14BrCl2NO2S. The monoisotopic (exact) mass is 385 g/mol. The second-order valence-corrected chi connectivity index (χ2v) is 8.11. The van der Waals surface area contributed by atoms with E-state index in [1.165, 1.54) is 16.4 Å². The van der Waals surface area contributed by atoms with E-state index < -0.39 is 10.0 Å². The molecule has 2 rings (SSSR count). The van der Waals surface area contributed by atoms with Gasteiger partial charge in [0.1, 0.15) is 4.90 Å². The highest BCUT2D eigenvalue weighted by Gasteiger charge is 2.33. The number of hydrogen-bond donors (Lipinski definition) is 0. The summed E-state index contributed by atoms with van der Waals surface area (Å²) < 4.78 is 26.6. The van der Waals surface area contributed by atoms with Crippen LogP contribution in [0.15, 0.2) is 23.1 Å². The van der Waals surface area contributed by atoms with Crippen molar-refractivity contribution in [3.8, 4) is 0 Å². The van der Waals surface area contributed by atoms with E-state index in [4.69, 9.17) is 23.2 Å². The van der Waals surface area contributed by atoms with E-state index in [9.17, 15) is 8.42 Å². The summed E-state index contributed by atoms with van der Waals surface area (Å²) in [6.07, 6.45) is 1.87. The largest absolute Gasteiger partial charge is 0.244 e. The minimum absolute atomic E-state index is 0.0983. The summed E-state index contributed by atoms with van der Waals surface area (Å²) in [5, 5.41) is 1.48. The van der Waals surface area contributed by atoms with Gasteiger partial charge in [-0.2, -0.15) is 4.31 Å². The Hall–Kier alpha value is 0.190. The second-order valence-electron chi connectivity index (χ2n) is 4.57. The van der Waals surface area contributed by atoms with Gasteiger partial charge in [-0.3, -0.25) is 0 Å². The van der Waals surface area contributed by atoms with Crippen LogP contribution in [-0.4, -0.2) is 31.1 Å². The second kappa shape index (κ2) is 6.31. The predicted octanol–water partition coefficient (Wildman–Crippen LogP) is 3.79. The van der Waals surface area contributed by atoms with Crippen LogP contribution in [0.4, 0.5) is 0 Å². The maximum absolute atomic E-state index is 12.5. The van der Waals surface area contributed by atoms with Gasteiger partial charge in [-0.15, -0.1) is 0 Å². The van der Waals surface area contributed by atoms with E-state index in [2.05, 4.69) is 15.9 Å². The topological polar surface area (TPSA) is 37.4 Å². The van der Waals surface area contributed by atoms with Crippen LogP contribution in [-0.2, 0) is 10.0 Å². The van der Waals surface area contributed by atoms with Crippen molar-refractivity contribution in [2.75, 3.05) is 18.4 Å². The van der Waals surface area contributed by atoms with E-state index in [0.717, 1.165) is 18.2 Å². The molecule has 1 fully saturated rings. The van der Waals surface area contributed by atoms with Gasteiger partial charge in [-0.05, 0) is 37.0 Å². The van der Waals surface area contributed by atoms with Crippen molar-refractivity contribution in [1.82, 2.24) is 4.31 Å². The molecule has 0 N–H and O–H groups in total. The molecule has 19 heavy (non-hydrogen) atoms. The Morgan fingerprint density at radius 1 is 1.37 bits per heavy atom. The average molecular weight is 387 g/mol. The number of nitrogens with zero attached hydrogens (tertiary/aromatic N) is 1. The molecule has 0 spiro atoms. The van der Waals surface area contributed by atoms with Crippen molar-refractivity contribution < 1.29 is 8.42 Å². The fourth-order valence-electron chi connectivity index (χ4n) is 2.22. The van der Waals surface area contributed by atoms with Crippen molar-refractivity contribution in [2.24, 2.45) is 5.92 Å². The standard InChI is InChI=1S/C12H14BrCl2NO2S/c13-5-3-9-4-6-16(8-9)19(17,18)12-7-10(14)1-2-11(12)15/h1-2,7,9H,3-6,8H2. The molecule has 0 aliphatic carbocycles. The molecule has 0 bridgehead atoms. The molecule has 0 amide bonds. The predicted molar refractivity (Wildman–Crippen MR) is 81.7 cm³/mol. The first-order valence-corrected chi connectivity index (χ1v) is 9.28. The van der Waals surface area contributed by atoms with Crippen molar-refractivity contribution in [3.05, 3.63) is 28.2 Å². The van der Waals surface area contributed by atoms with Crippen LogP contribution in [0, 0.1) is 5.92 Å². The number of halogens is 3. The van der Waals surface area contributed by atoms with Crippen molar-refractivity contribution in [1.29, 1.82) is 0 Å². The van der Waals surface area contributed by atoms with Gasteiger partial charge in [0.05, 0.1) is 5.02 Å². The number of benzene rings is 1. The van der Waals surface area contributed by atoms with E-state index in [-0.39, 0.29) is 9.92 Å². The third-order valence-corrected chi connectivity index (χ3v) is 6.32. The zero-order valence-corrected chi connectivity index (χ0v) is 14.1. The Balaban J connectivity index is 2.26. The summed E-state index contributed by atoms with van der Waals surface area (Å²) in [5.74, 6) is 0.409. The maximum Gasteiger partial charge on any atom is 0.244 e. The van der Waals surface area contributed by atoms with Crippen molar-refractivity contribution in [2.45, 2.75) is 17.7 Å². The third kappa shape index (κ3) is 3.45. The number of sulfonamides is 1. The Labute approximate surface area is 132 Å². The smallest absolute Gasteiger partial charge is 0.207 e. The molecule has 0 radical (unpaired) electrons. The quantitative estimate of drug-likeness (QED) is 0.738. The minimum atomic E-state index is -3.54. The molecule has 1 aliphatic heterocycles. The van der Waals surface area contributed by atoms with Gasteiger partial charge < -0.3 is 0 Å². The summed E-state index contributed by atoms with van der Waals surface area (Å²) in [4.78, 5) is 0.0983. The molecular weight excluding hydrogens is 373 g/mol. The fraction of sp³-hybridized carbons (Fsp3) is 0.500. The SMILES string of the molecule is O=S(=O)(c1cc(Cl)ccc1Cl)N1CCC(CCBr)C1. The van der Waals surface area contributed by atoms with Crippen LogP contribution in [0.5, 0.6) is 0 Å². The van der Waals surface area contributed by atoms with Gasteiger partial charge in [0.2, 0.25) is 10.0 Å². The first-order valence-electron chi connectivity index (χ1n) is 5.96. The molecule has 7 heteroatoms. The molecule has 1 saturated heterocycles. The molecule has 1 aromatic carbocycles. The van der Waals surface area contributed by atoms with Gasteiger partial charge >= 0.3 is 0 Å². The van der Waals surface area contributed by atoms with E-state index >= 15 is 0 Å². The van der Waals surface area contributed by atoms with Gasteiger partial charge in [0.25, 0.3) is 0 Å². The van der Waals surface area contributed by atoms with E-state index in [1.807, 2.05) is 0 Å².